The lowest BCUT2D eigenvalue weighted by atomic mass is 10.0. The van der Waals surface area contributed by atoms with Gasteiger partial charge in [0.2, 0.25) is 0 Å². The normalized spacial score (nSPS) is 14.1. The van der Waals surface area contributed by atoms with Crippen LogP contribution in [0.25, 0.3) is 12.2 Å². The first-order valence-corrected chi connectivity index (χ1v) is 15.4. The molecule has 0 bridgehead atoms. The number of benzene rings is 1. The molecule has 0 fully saturated rings. The van der Waals surface area contributed by atoms with Crippen molar-refractivity contribution >= 4 is 65.1 Å². The van der Waals surface area contributed by atoms with Gasteiger partial charge in [-0.1, -0.05) is 54.1 Å². The van der Waals surface area contributed by atoms with Crippen LogP contribution in [-0.2, 0) is 56.3 Å². The van der Waals surface area contributed by atoms with Crippen LogP contribution in [0, 0.1) is 0 Å². The molecule has 2 aliphatic heterocycles. The van der Waals surface area contributed by atoms with Crippen LogP contribution in [0.5, 0.6) is 0 Å². The average Bonchev–Trinajstić information content (AvgIpc) is 3.06. The highest BCUT2D eigenvalue weighted by Gasteiger charge is 2.17. The van der Waals surface area contributed by atoms with Crippen LogP contribution in [0.1, 0.15) is 46.4 Å². The second kappa shape index (κ2) is 21.1. The van der Waals surface area contributed by atoms with Gasteiger partial charge in [0.05, 0.1) is 37.0 Å². The van der Waals surface area contributed by atoms with E-state index in [9.17, 15) is 14.4 Å². The molecule has 0 spiro atoms. The highest BCUT2D eigenvalue weighted by molar-refractivity contribution is 6.61. The Balaban J connectivity index is 0.000000278. The Morgan fingerprint density at radius 1 is 0.894 bits per heavy atom. The van der Waals surface area contributed by atoms with Crippen molar-refractivity contribution in [3.63, 3.8) is 0 Å². The standard InChI is InChI=1S/C19H20N2O2.C12H14N2O2.C3H4Cl2O2.ClH/c1-23-19(22)10-9-17-8-7-16-11-12-21(14-18(16)20-17)13-15-5-3-2-4-6-15;1-16-12(15)5-4-10-3-2-9-6-7-13-8-11(9)14-10;1-2(4)7-3(5)6;/h2-10H,11-14H2,1H3;2-5,13H,6-8H2,1H3;2H,1H3;1H/b10-9+;5-4+;;. The number of hydrogen-bond acceptors (Lipinski definition) is 10. The third-order valence-electron chi connectivity index (χ3n) is 6.80. The van der Waals surface area contributed by atoms with E-state index in [0.717, 1.165) is 68.3 Å². The molecule has 1 atom stereocenters. The van der Waals surface area contributed by atoms with E-state index in [2.05, 4.69) is 70.8 Å². The van der Waals surface area contributed by atoms with Crippen LogP contribution >= 0.6 is 35.6 Å². The summed E-state index contributed by atoms with van der Waals surface area (Å²) in [5.41, 5.74) is 6.13. The van der Waals surface area contributed by atoms with Crippen molar-refractivity contribution < 1.29 is 28.6 Å². The van der Waals surface area contributed by atoms with E-state index in [1.165, 1.54) is 50.0 Å². The van der Waals surface area contributed by atoms with Gasteiger partial charge in [0, 0.05) is 49.9 Å². The van der Waals surface area contributed by atoms with E-state index >= 15 is 0 Å². The maximum absolute atomic E-state index is 11.2. The van der Waals surface area contributed by atoms with Crippen LogP contribution in [0.2, 0.25) is 0 Å². The number of hydrogen-bond donors (Lipinski definition) is 1. The number of fused-ring (bicyclic) bond motifs is 2. The monoisotopic (exact) mass is 704 g/mol. The number of carbonyl (C=O) groups excluding carboxylic acids is 3. The van der Waals surface area contributed by atoms with Gasteiger partial charge in [0.25, 0.3) is 0 Å². The van der Waals surface area contributed by atoms with Crippen LogP contribution < -0.4 is 5.32 Å². The number of nitrogens with zero attached hydrogens (tertiary/aromatic N) is 3. The molecule has 0 saturated carbocycles. The second-order valence-corrected chi connectivity index (χ2v) is 11.1. The number of pyridine rings is 2. The molecule has 0 aliphatic carbocycles. The van der Waals surface area contributed by atoms with Gasteiger partial charge in [0.15, 0.2) is 5.56 Å². The van der Waals surface area contributed by atoms with E-state index in [0.29, 0.717) is 0 Å². The predicted octanol–water partition coefficient (Wildman–Crippen LogP) is 6.11. The summed E-state index contributed by atoms with van der Waals surface area (Å²) in [5.74, 6) is -0.729. The van der Waals surface area contributed by atoms with Gasteiger partial charge in [-0.2, -0.15) is 0 Å². The van der Waals surface area contributed by atoms with E-state index in [1.807, 2.05) is 18.2 Å². The maximum atomic E-state index is 11.2. The highest BCUT2D eigenvalue weighted by Crippen LogP contribution is 2.20. The molecule has 0 amide bonds. The SMILES string of the molecule is CC(Cl)OC(=O)Cl.COC(=O)/C=C/c1ccc2c(n1)CN(Cc1ccccc1)CC2.COC(=O)/C=C/c1ccc2c(n1)CNCC2.Cl. The molecule has 10 nitrogen and oxygen atoms in total. The Hall–Kier alpha value is -3.80. The Labute approximate surface area is 291 Å². The fraction of sp³-hybridized carbons (Fsp3) is 0.324. The van der Waals surface area contributed by atoms with Gasteiger partial charge in [-0.05, 0) is 67.3 Å². The van der Waals surface area contributed by atoms with E-state index < -0.39 is 11.0 Å². The zero-order chi connectivity index (χ0) is 33.3. The van der Waals surface area contributed by atoms with Crippen molar-refractivity contribution in [3.8, 4) is 0 Å². The zero-order valence-corrected chi connectivity index (χ0v) is 28.8. The first-order chi connectivity index (χ1) is 22.2. The third kappa shape index (κ3) is 14.7. The summed E-state index contributed by atoms with van der Waals surface area (Å²) in [6, 6.07) is 18.5. The average molecular weight is 706 g/mol. The van der Waals surface area contributed by atoms with Crippen LogP contribution in [0.15, 0.2) is 66.7 Å². The Bertz CT molecular complexity index is 1520. The van der Waals surface area contributed by atoms with E-state index in [4.69, 9.17) is 23.2 Å². The van der Waals surface area contributed by atoms with Crippen molar-refractivity contribution in [2.75, 3.05) is 27.3 Å². The number of aromatic nitrogens is 2. The molecule has 1 N–H and O–H groups in total. The van der Waals surface area contributed by atoms with Crippen LogP contribution in [0.4, 0.5) is 4.79 Å². The van der Waals surface area contributed by atoms with Crippen molar-refractivity contribution in [2.45, 2.75) is 45.0 Å². The lowest BCUT2D eigenvalue weighted by Crippen LogP contribution is -2.30. The van der Waals surface area contributed by atoms with Gasteiger partial charge in [-0.3, -0.25) is 14.9 Å². The van der Waals surface area contributed by atoms with E-state index in [-0.39, 0.29) is 24.3 Å². The van der Waals surface area contributed by atoms with Crippen molar-refractivity contribution in [1.29, 1.82) is 0 Å². The number of methoxy groups -OCH3 is 2. The number of ether oxygens (including phenoxy) is 3. The quantitative estimate of drug-likeness (QED) is 0.101. The first-order valence-electron chi connectivity index (χ1n) is 14.6. The summed E-state index contributed by atoms with van der Waals surface area (Å²) in [6.45, 7) is 6.12. The van der Waals surface area contributed by atoms with Crippen molar-refractivity contribution in [1.82, 2.24) is 20.2 Å². The van der Waals surface area contributed by atoms with Crippen molar-refractivity contribution in [2.24, 2.45) is 0 Å². The second-order valence-electron chi connectivity index (χ2n) is 10.2. The van der Waals surface area contributed by atoms with Gasteiger partial charge < -0.3 is 19.5 Å². The Morgan fingerprint density at radius 3 is 2.00 bits per heavy atom. The smallest absolute Gasteiger partial charge is 0.405 e. The van der Waals surface area contributed by atoms with Gasteiger partial charge in [-0.15, -0.1) is 12.4 Å². The number of halogens is 3. The minimum atomic E-state index is -0.873. The summed E-state index contributed by atoms with van der Waals surface area (Å²) in [5, 5.41) is 3.27. The Morgan fingerprint density at radius 2 is 1.47 bits per heavy atom. The largest absolute Gasteiger partial charge is 0.466 e. The van der Waals surface area contributed by atoms with Crippen LogP contribution in [-0.4, -0.2) is 65.1 Å². The molecule has 47 heavy (non-hydrogen) atoms. The molecule has 252 valence electrons. The van der Waals surface area contributed by atoms with Crippen molar-refractivity contribution in [3.05, 3.63) is 106 Å². The molecule has 4 heterocycles. The minimum absolute atomic E-state index is 0. The zero-order valence-electron chi connectivity index (χ0n) is 26.5. The molecule has 5 rings (SSSR count). The molecule has 13 heteroatoms. The lowest BCUT2D eigenvalue weighted by molar-refractivity contribution is -0.135. The molecule has 0 radical (unpaired) electrons. The molecular weight excluding hydrogens is 667 g/mol. The third-order valence-corrected chi connectivity index (χ3v) is 6.98. The number of esters is 2. The maximum Gasteiger partial charge on any atom is 0.405 e. The molecule has 1 aromatic carbocycles. The predicted molar refractivity (Wildman–Crippen MR) is 185 cm³/mol. The fourth-order valence-corrected chi connectivity index (χ4v) is 4.83. The molecule has 2 aliphatic rings. The summed E-state index contributed by atoms with van der Waals surface area (Å²) >= 11 is 9.87. The highest BCUT2D eigenvalue weighted by atomic mass is 35.5. The molecule has 3 aromatic rings. The molecule has 1 unspecified atom stereocenters. The molecule has 0 saturated heterocycles. The number of rotatable bonds is 7. The lowest BCUT2D eigenvalue weighted by Gasteiger charge is -2.28. The summed E-state index contributed by atoms with van der Waals surface area (Å²) in [4.78, 5) is 43.4. The van der Waals surface area contributed by atoms with Crippen LogP contribution in [0.3, 0.4) is 0 Å². The number of carbonyl (C=O) groups is 3. The van der Waals surface area contributed by atoms with Gasteiger partial charge in [-0.25, -0.2) is 14.4 Å². The Kier molecular flexibility index (Phi) is 17.7. The first kappa shape index (κ1) is 39.4. The number of alkyl halides is 1. The molecule has 2 aromatic heterocycles. The summed E-state index contributed by atoms with van der Waals surface area (Å²) in [7, 11) is 2.73. The minimum Gasteiger partial charge on any atom is -0.466 e. The number of nitrogens with one attached hydrogen (secondary N) is 1. The topological polar surface area (TPSA) is 120 Å². The van der Waals surface area contributed by atoms with Gasteiger partial charge in [0.1, 0.15) is 0 Å². The molecular formula is C34H39Cl3N4O6. The summed E-state index contributed by atoms with van der Waals surface area (Å²) in [6.07, 6.45) is 8.17. The summed E-state index contributed by atoms with van der Waals surface area (Å²) < 4.78 is 13.3. The van der Waals surface area contributed by atoms with Gasteiger partial charge >= 0.3 is 17.4 Å². The van der Waals surface area contributed by atoms with E-state index in [1.54, 1.807) is 12.2 Å². The fourth-order valence-electron chi connectivity index (χ4n) is 4.57.